The summed E-state index contributed by atoms with van der Waals surface area (Å²) in [5, 5.41) is 11.6. The molecule has 2 atom stereocenters. The maximum atomic E-state index is 11.7. The monoisotopic (exact) mass is 250 g/mol. The summed E-state index contributed by atoms with van der Waals surface area (Å²) in [4.78, 5) is 26.7. The number of hydrogen-bond donors (Lipinski definition) is 2. The van der Waals surface area contributed by atoms with Crippen molar-refractivity contribution in [3.63, 3.8) is 0 Å². The molecule has 0 radical (unpaired) electrons. The van der Waals surface area contributed by atoms with Crippen LogP contribution in [-0.4, -0.2) is 28.0 Å². The van der Waals surface area contributed by atoms with Crippen molar-refractivity contribution in [2.75, 3.05) is 0 Å². The van der Waals surface area contributed by atoms with Gasteiger partial charge in [-0.1, -0.05) is 26.3 Å². The molecule has 1 aromatic rings. The molecule has 18 heavy (non-hydrogen) atoms. The topological polar surface area (TPSA) is 79.3 Å². The van der Waals surface area contributed by atoms with Gasteiger partial charge in [0, 0.05) is 12.4 Å². The Kier molecular flexibility index (Phi) is 5.30. The first-order valence-corrected chi connectivity index (χ1v) is 5.95. The van der Waals surface area contributed by atoms with Gasteiger partial charge < -0.3 is 10.4 Å². The second-order valence-electron chi connectivity index (χ2n) is 4.31. The molecule has 1 amide bonds. The van der Waals surface area contributed by atoms with Crippen LogP contribution in [0.2, 0.25) is 0 Å². The van der Waals surface area contributed by atoms with Gasteiger partial charge in [-0.2, -0.15) is 0 Å². The number of rotatable bonds is 6. The summed E-state index contributed by atoms with van der Waals surface area (Å²) in [7, 11) is 0. The van der Waals surface area contributed by atoms with Gasteiger partial charge in [0.1, 0.15) is 6.04 Å². The highest BCUT2D eigenvalue weighted by molar-refractivity contribution is 5.84. The second-order valence-corrected chi connectivity index (χ2v) is 4.31. The van der Waals surface area contributed by atoms with Gasteiger partial charge >= 0.3 is 5.97 Å². The number of carbonyl (C=O) groups excluding carboxylic acids is 1. The maximum Gasteiger partial charge on any atom is 0.326 e. The molecule has 0 unspecified atom stereocenters. The molecule has 0 fully saturated rings. The number of carbonyl (C=O) groups is 2. The van der Waals surface area contributed by atoms with Crippen LogP contribution in [0.1, 0.15) is 25.8 Å². The van der Waals surface area contributed by atoms with E-state index in [0.29, 0.717) is 6.42 Å². The van der Waals surface area contributed by atoms with Gasteiger partial charge in [-0.05, 0) is 17.5 Å². The first kappa shape index (κ1) is 14.2. The lowest BCUT2D eigenvalue weighted by atomic mass is 9.99. The van der Waals surface area contributed by atoms with Crippen LogP contribution in [0.25, 0.3) is 0 Å². The van der Waals surface area contributed by atoms with E-state index in [4.69, 9.17) is 5.11 Å². The summed E-state index contributed by atoms with van der Waals surface area (Å²) < 4.78 is 0. The Morgan fingerprint density at radius 1 is 1.50 bits per heavy atom. The van der Waals surface area contributed by atoms with Crippen molar-refractivity contribution >= 4 is 11.9 Å². The Morgan fingerprint density at radius 2 is 2.22 bits per heavy atom. The van der Waals surface area contributed by atoms with Crippen LogP contribution in [0.4, 0.5) is 0 Å². The van der Waals surface area contributed by atoms with Crippen molar-refractivity contribution in [2.24, 2.45) is 5.92 Å². The Balaban J connectivity index is 2.60. The average molecular weight is 250 g/mol. The first-order valence-electron chi connectivity index (χ1n) is 5.95. The fraction of sp³-hybridized carbons (Fsp3) is 0.462. The molecule has 1 heterocycles. The van der Waals surface area contributed by atoms with Crippen LogP contribution in [0.5, 0.6) is 0 Å². The van der Waals surface area contributed by atoms with E-state index in [9.17, 15) is 9.59 Å². The molecule has 5 heteroatoms. The van der Waals surface area contributed by atoms with E-state index in [1.165, 1.54) is 0 Å². The minimum Gasteiger partial charge on any atom is -0.480 e. The zero-order valence-electron chi connectivity index (χ0n) is 10.6. The van der Waals surface area contributed by atoms with Crippen molar-refractivity contribution in [1.82, 2.24) is 10.3 Å². The summed E-state index contributed by atoms with van der Waals surface area (Å²) in [6.07, 6.45) is 4.07. The molecule has 0 saturated carbocycles. The summed E-state index contributed by atoms with van der Waals surface area (Å²) in [6, 6.07) is 2.69. The standard InChI is InChI=1S/C13H18N2O3/c1-3-9(2)12(13(17)18)15-11(16)7-10-5-4-6-14-8-10/h4-6,8-9,12H,3,7H2,1-2H3,(H,15,16)(H,17,18)/t9-,12-/m0/s1. The number of aliphatic carboxylic acids is 1. The van der Waals surface area contributed by atoms with Crippen molar-refractivity contribution < 1.29 is 14.7 Å². The summed E-state index contributed by atoms with van der Waals surface area (Å²) in [5.41, 5.74) is 0.767. The number of carboxylic acids is 1. The van der Waals surface area contributed by atoms with Crippen molar-refractivity contribution in [2.45, 2.75) is 32.7 Å². The summed E-state index contributed by atoms with van der Waals surface area (Å²) >= 11 is 0. The molecule has 5 nitrogen and oxygen atoms in total. The zero-order valence-corrected chi connectivity index (χ0v) is 10.6. The molecular formula is C13H18N2O3. The highest BCUT2D eigenvalue weighted by Crippen LogP contribution is 2.08. The number of carboxylic acid groups (broad SMARTS) is 1. The molecule has 98 valence electrons. The summed E-state index contributed by atoms with van der Waals surface area (Å²) in [5.74, 6) is -1.39. The Hall–Kier alpha value is -1.91. The largest absolute Gasteiger partial charge is 0.480 e. The van der Waals surface area contributed by atoms with Crippen LogP contribution >= 0.6 is 0 Å². The fourth-order valence-electron chi connectivity index (χ4n) is 1.60. The molecule has 0 aliphatic carbocycles. The highest BCUT2D eigenvalue weighted by Gasteiger charge is 2.25. The first-order chi connectivity index (χ1) is 8.54. The van der Waals surface area contributed by atoms with Crippen LogP contribution in [0.15, 0.2) is 24.5 Å². The number of nitrogens with zero attached hydrogens (tertiary/aromatic N) is 1. The zero-order chi connectivity index (χ0) is 13.5. The number of hydrogen-bond acceptors (Lipinski definition) is 3. The van der Waals surface area contributed by atoms with E-state index in [-0.39, 0.29) is 18.2 Å². The Labute approximate surface area is 106 Å². The summed E-state index contributed by atoms with van der Waals surface area (Å²) in [6.45, 7) is 3.71. The molecule has 1 rings (SSSR count). The van der Waals surface area contributed by atoms with Crippen LogP contribution in [0, 0.1) is 5.92 Å². The molecule has 0 saturated heterocycles. The van der Waals surface area contributed by atoms with Crippen molar-refractivity contribution in [3.8, 4) is 0 Å². The van der Waals surface area contributed by atoms with Crippen LogP contribution < -0.4 is 5.32 Å². The van der Waals surface area contributed by atoms with Crippen LogP contribution in [-0.2, 0) is 16.0 Å². The van der Waals surface area contributed by atoms with E-state index in [1.807, 2.05) is 13.8 Å². The van der Waals surface area contributed by atoms with E-state index in [2.05, 4.69) is 10.3 Å². The van der Waals surface area contributed by atoms with E-state index < -0.39 is 12.0 Å². The second kappa shape index (κ2) is 6.74. The van der Waals surface area contributed by atoms with Gasteiger partial charge in [-0.25, -0.2) is 4.79 Å². The van der Waals surface area contributed by atoms with Gasteiger partial charge in [0.2, 0.25) is 5.91 Å². The quantitative estimate of drug-likeness (QED) is 0.796. The highest BCUT2D eigenvalue weighted by atomic mass is 16.4. The van der Waals surface area contributed by atoms with Crippen LogP contribution in [0.3, 0.4) is 0 Å². The van der Waals surface area contributed by atoms with E-state index >= 15 is 0 Å². The van der Waals surface area contributed by atoms with Gasteiger partial charge in [-0.15, -0.1) is 0 Å². The van der Waals surface area contributed by atoms with E-state index in [1.54, 1.807) is 24.5 Å². The van der Waals surface area contributed by atoms with Crippen molar-refractivity contribution in [1.29, 1.82) is 0 Å². The average Bonchev–Trinajstić information content (AvgIpc) is 2.36. The van der Waals surface area contributed by atoms with Gasteiger partial charge in [-0.3, -0.25) is 9.78 Å². The molecule has 0 aliphatic heterocycles. The third kappa shape index (κ3) is 4.16. The molecule has 0 spiro atoms. The van der Waals surface area contributed by atoms with Crippen molar-refractivity contribution in [3.05, 3.63) is 30.1 Å². The predicted octanol–water partition coefficient (Wildman–Crippen LogP) is 1.24. The molecule has 1 aromatic heterocycles. The third-order valence-corrected chi connectivity index (χ3v) is 2.88. The lowest BCUT2D eigenvalue weighted by Gasteiger charge is -2.20. The lowest BCUT2D eigenvalue weighted by Crippen LogP contribution is -2.45. The maximum absolute atomic E-state index is 11.7. The SMILES string of the molecule is CC[C@H](C)[C@H](NC(=O)Cc1cccnc1)C(=O)O. The number of aromatic nitrogens is 1. The van der Waals surface area contributed by atoms with E-state index in [0.717, 1.165) is 5.56 Å². The predicted molar refractivity (Wildman–Crippen MR) is 67.0 cm³/mol. The minimum absolute atomic E-state index is 0.0969. The number of nitrogens with one attached hydrogen (secondary N) is 1. The number of amides is 1. The van der Waals surface area contributed by atoms with Gasteiger partial charge in [0.05, 0.1) is 6.42 Å². The van der Waals surface area contributed by atoms with Gasteiger partial charge in [0.25, 0.3) is 0 Å². The molecule has 0 aromatic carbocycles. The molecule has 2 N–H and O–H groups in total. The lowest BCUT2D eigenvalue weighted by molar-refractivity contribution is -0.143. The van der Waals surface area contributed by atoms with Gasteiger partial charge in [0.15, 0.2) is 0 Å². The minimum atomic E-state index is -0.996. The fourth-order valence-corrected chi connectivity index (χ4v) is 1.60. The molecule has 0 bridgehead atoms. The Morgan fingerprint density at radius 3 is 2.72 bits per heavy atom. The molecular weight excluding hydrogens is 232 g/mol. The smallest absolute Gasteiger partial charge is 0.326 e. The normalized spacial score (nSPS) is 13.7. The molecule has 0 aliphatic rings. The third-order valence-electron chi connectivity index (χ3n) is 2.88. The Bertz CT molecular complexity index is 406. The number of pyridine rings is 1.